The Morgan fingerprint density at radius 1 is 1.40 bits per heavy atom. The van der Waals surface area contributed by atoms with Crippen molar-refractivity contribution in [2.24, 2.45) is 0 Å². The molecule has 1 aromatic carbocycles. The van der Waals surface area contributed by atoms with Gasteiger partial charge < -0.3 is 10.1 Å². The lowest BCUT2D eigenvalue weighted by atomic mass is 10.2. The average Bonchev–Trinajstić information content (AvgIpc) is 2.95. The molecule has 1 aromatic heterocycles. The number of amides is 1. The predicted molar refractivity (Wildman–Crippen MR) is 84.1 cm³/mol. The molecule has 1 amide bonds. The molecule has 0 aliphatic carbocycles. The molecule has 2 aromatic rings. The van der Waals surface area contributed by atoms with E-state index in [0.29, 0.717) is 27.9 Å². The summed E-state index contributed by atoms with van der Waals surface area (Å²) < 4.78 is 5.68. The molecule has 106 valence electrons. The maximum absolute atomic E-state index is 12.1. The summed E-state index contributed by atoms with van der Waals surface area (Å²) >= 11 is 7.38. The molecule has 0 bridgehead atoms. The van der Waals surface area contributed by atoms with Gasteiger partial charge in [0, 0.05) is 5.02 Å². The van der Waals surface area contributed by atoms with Crippen LogP contribution in [0.3, 0.4) is 0 Å². The normalized spacial score (nSPS) is 10.3. The van der Waals surface area contributed by atoms with Crippen molar-refractivity contribution in [2.75, 3.05) is 11.9 Å². The van der Waals surface area contributed by atoms with Crippen molar-refractivity contribution in [3.8, 4) is 5.75 Å². The van der Waals surface area contributed by atoms with Gasteiger partial charge >= 0.3 is 0 Å². The zero-order chi connectivity index (χ0) is 14.4. The maximum atomic E-state index is 12.1. The number of carbonyl (C=O) groups excluding carboxylic acids is 1. The number of thiophene rings is 1. The van der Waals surface area contributed by atoms with Crippen molar-refractivity contribution in [2.45, 2.75) is 19.8 Å². The Labute approximate surface area is 127 Å². The second kappa shape index (κ2) is 7.31. The van der Waals surface area contributed by atoms with Crippen LogP contribution in [0.4, 0.5) is 5.69 Å². The average molecular weight is 310 g/mol. The van der Waals surface area contributed by atoms with Crippen molar-refractivity contribution in [1.29, 1.82) is 0 Å². The molecule has 0 unspecified atom stereocenters. The van der Waals surface area contributed by atoms with Crippen LogP contribution in [0.5, 0.6) is 5.75 Å². The highest BCUT2D eigenvalue weighted by Gasteiger charge is 2.11. The number of unbranched alkanes of at least 4 members (excludes halogenated alkanes) is 1. The highest BCUT2D eigenvalue weighted by molar-refractivity contribution is 7.12. The van der Waals surface area contributed by atoms with Crippen molar-refractivity contribution < 1.29 is 9.53 Å². The predicted octanol–water partition coefficient (Wildman–Crippen LogP) is 4.83. The highest BCUT2D eigenvalue weighted by atomic mass is 35.5. The van der Waals surface area contributed by atoms with E-state index >= 15 is 0 Å². The summed E-state index contributed by atoms with van der Waals surface area (Å²) in [5, 5.41) is 5.27. The number of anilines is 1. The van der Waals surface area contributed by atoms with Gasteiger partial charge in [-0.05, 0) is 36.1 Å². The molecule has 5 heteroatoms. The number of hydrogen-bond donors (Lipinski definition) is 1. The first-order valence-electron chi connectivity index (χ1n) is 6.48. The van der Waals surface area contributed by atoms with Crippen LogP contribution < -0.4 is 10.1 Å². The lowest BCUT2D eigenvalue weighted by Gasteiger charge is -2.12. The quantitative estimate of drug-likeness (QED) is 0.776. The van der Waals surface area contributed by atoms with Crippen LogP contribution in [-0.2, 0) is 0 Å². The first kappa shape index (κ1) is 14.9. The minimum absolute atomic E-state index is 0.150. The Hall–Kier alpha value is -1.52. The second-order valence-corrected chi connectivity index (χ2v) is 5.66. The monoisotopic (exact) mass is 309 g/mol. The molecule has 20 heavy (non-hydrogen) atoms. The SMILES string of the molecule is CCCCOc1ccc(Cl)cc1NC(=O)c1cccs1. The van der Waals surface area contributed by atoms with Gasteiger partial charge in [-0.25, -0.2) is 0 Å². The minimum atomic E-state index is -0.150. The smallest absolute Gasteiger partial charge is 0.265 e. The molecule has 0 aliphatic rings. The van der Waals surface area contributed by atoms with E-state index in [1.165, 1.54) is 11.3 Å². The first-order valence-corrected chi connectivity index (χ1v) is 7.73. The number of rotatable bonds is 6. The van der Waals surface area contributed by atoms with Crippen LogP contribution in [0.15, 0.2) is 35.7 Å². The Kier molecular flexibility index (Phi) is 5.44. The zero-order valence-corrected chi connectivity index (χ0v) is 12.8. The van der Waals surface area contributed by atoms with Gasteiger partial charge in [0.1, 0.15) is 5.75 Å². The number of benzene rings is 1. The maximum Gasteiger partial charge on any atom is 0.265 e. The van der Waals surface area contributed by atoms with E-state index in [-0.39, 0.29) is 5.91 Å². The largest absolute Gasteiger partial charge is 0.491 e. The van der Waals surface area contributed by atoms with Crippen LogP contribution in [0.25, 0.3) is 0 Å². The van der Waals surface area contributed by atoms with Crippen molar-refractivity contribution in [3.63, 3.8) is 0 Å². The van der Waals surface area contributed by atoms with E-state index in [1.54, 1.807) is 24.3 Å². The topological polar surface area (TPSA) is 38.3 Å². The third-order valence-electron chi connectivity index (χ3n) is 2.69. The van der Waals surface area contributed by atoms with Crippen LogP contribution >= 0.6 is 22.9 Å². The van der Waals surface area contributed by atoms with Crippen LogP contribution in [0.1, 0.15) is 29.4 Å². The molecule has 1 heterocycles. The molecule has 0 fully saturated rings. The molecule has 0 atom stereocenters. The summed E-state index contributed by atoms with van der Waals surface area (Å²) in [5.41, 5.74) is 0.604. The zero-order valence-electron chi connectivity index (χ0n) is 11.2. The molecular formula is C15H16ClNO2S. The van der Waals surface area contributed by atoms with Gasteiger partial charge in [0.05, 0.1) is 17.2 Å². The van der Waals surface area contributed by atoms with Gasteiger partial charge in [-0.15, -0.1) is 11.3 Å². The fourth-order valence-electron chi connectivity index (χ4n) is 1.64. The fraction of sp³-hybridized carbons (Fsp3) is 0.267. The van der Waals surface area contributed by atoms with Crippen molar-refractivity contribution in [3.05, 3.63) is 45.6 Å². The van der Waals surface area contributed by atoms with E-state index in [0.717, 1.165) is 12.8 Å². The third-order valence-corrected chi connectivity index (χ3v) is 3.79. The summed E-state index contributed by atoms with van der Waals surface area (Å²) in [6.07, 6.45) is 2.03. The van der Waals surface area contributed by atoms with E-state index in [9.17, 15) is 4.79 Å². The van der Waals surface area contributed by atoms with E-state index < -0.39 is 0 Å². The molecule has 0 saturated heterocycles. The van der Waals surface area contributed by atoms with E-state index in [1.807, 2.05) is 11.4 Å². The Bertz CT molecular complexity index is 569. The minimum Gasteiger partial charge on any atom is -0.491 e. The summed E-state index contributed by atoms with van der Waals surface area (Å²) in [6, 6.07) is 8.86. The number of hydrogen-bond acceptors (Lipinski definition) is 3. The molecule has 0 saturated carbocycles. The van der Waals surface area contributed by atoms with Gasteiger partial charge in [-0.3, -0.25) is 4.79 Å². The molecule has 0 aliphatic heterocycles. The lowest BCUT2D eigenvalue weighted by Crippen LogP contribution is -2.11. The van der Waals surface area contributed by atoms with Gasteiger partial charge in [-0.2, -0.15) is 0 Å². The van der Waals surface area contributed by atoms with Gasteiger partial charge in [0.2, 0.25) is 0 Å². The summed E-state index contributed by atoms with van der Waals surface area (Å²) in [7, 11) is 0. The lowest BCUT2D eigenvalue weighted by molar-refractivity contribution is 0.103. The molecule has 1 N–H and O–H groups in total. The summed E-state index contributed by atoms with van der Waals surface area (Å²) in [4.78, 5) is 12.7. The van der Waals surface area contributed by atoms with Crippen LogP contribution in [0.2, 0.25) is 5.02 Å². The number of nitrogens with one attached hydrogen (secondary N) is 1. The Morgan fingerprint density at radius 2 is 2.25 bits per heavy atom. The number of halogens is 1. The number of carbonyl (C=O) groups is 1. The number of ether oxygens (including phenoxy) is 1. The summed E-state index contributed by atoms with van der Waals surface area (Å²) in [5.74, 6) is 0.496. The van der Waals surface area contributed by atoms with Gasteiger partial charge in [0.15, 0.2) is 0 Å². The van der Waals surface area contributed by atoms with Crippen LogP contribution in [-0.4, -0.2) is 12.5 Å². The molecule has 2 rings (SSSR count). The van der Waals surface area contributed by atoms with Gasteiger partial charge in [-0.1, -0.05) is 31.0 Å². The third kappa shape index (κ3) is 3.99. The fourth-order valence-corrected chi connectivity index (χ4v) is 2.43. The second-order valence-electron chi connectivity index (χ2n) is 4.27. The molecule has 3 nitrogen and oxygen atoms in total. The first-order chi connectivity index (χ1) is 9.70. The van der Waals surface area contributed by atoms with Crippen molar-refractivity contribution in [1.82, 2.24) is 0 Å². The standard InChI is InChI=1S/C15H16ClNO2S/c1-2-3-8-19-13-7-6-11(16)10-12(13)17-15(18)14-5-4-9-20-14/h4-7,9-10H,2-3,8H2,1H3,(H,17,18). The highest BCUT2D eigenvalue weighted by Crippen LogP contribution is 2.29. The summed E-state index contributed by atoms with van der Waals surface area (Å²) in [6.45, 7) is 2.73. The van der Waals surface area contributed by atoms with E-state index in [2.05, 4.69) is 12.2 Å². The van der Waals surface area contributed by atoms with Gasteiger partial charge in [0.25, 0.3) is 5.91 Å². The molecule has 0 spiro atoms. The van der Waals surface area contributed by atoms with E-state index in [4.69, 9.17) is 16.3 Å². The van der Waals surface area contributed by atoms with Crippen molar-refractivity contribution >= 4 is 34.5 Å². The Balaban J connectivity index is 2.12. The Morgan fingerprint density at radius 3 is 2.95 bits per heavy atom. The molecule has 0 radical (unpaired) electrons. The molecular weight excluding hydrogens is 294 g/mol. The van der Waals surface area contributed by atoms with Crippen LogP contribution in [0, 0.1) is 0 Å².